The molecule has 6 nitrogen and oxygen atoms in total. The highest BCUT2D eigenvalue weighted by atomic mass is 19.1. The van der Waals surface area contributed by atoms with Gasteiger partial charge >= 0.3 is 0 Å². The number of fused-ring (bicyclic) bond motifs is 1. The van der Waals surface area contributed by atoms with Gasteiger partial charge in [0.05, 0.1) is 11.5 Å². The monoisotopic (exact) mass is 366 g/mol. The fraction of sp³-hybridized carbons (Fsp3) is 0.250. The number of halogens is 1. The third-order valence-corrected chi connectivity index (χ3v) is 4.93. The van der Waals surface area contributed by atoms with Crippen molar-refractivity contribution in [2.24, 2.45) is 13.0 Å². The van der Waals surface area contributed by atoms with Crippen molar-refractivity contribution in [1.29, 1.82) is 0 Å². The van der Waals surface area contributed by atoms with Gasteiger partial charge in [-0.3, -0.25) is 9.59 Å². The summed E-state index contributed by atoms with van der Waals surface area (Å²) in [4.78, 5) is 28.7. The quantitative estimate of drug-likeness (QED) is 0.698. The van der Waals surface area contributed by atoms with E-state index in [2.05, 4.69) is 10.3 Å². The first-order valence-electron chi connectivity index (χ1n) is 8.66. The first-order chi connectivity index (χ1) is 12.8. The number of anilines is 2. The molecule has 1 saturated carbocycles. The number of carbonyl (C=O) groups is 1. The van der Waals surface area contributed by atoms with E-state index in [1.807, 2.05) is 19.1 Å². The number of aryl methyl sites for hydroxylation is 2. The third kappa shape index (κ3) is 3.05. The molecule has 4 rings (SSSR count). The van der Waals surface area contributed by atoms with Gasteiger partial charge in [0.1, 0.15) is 12.0 Å². The van der Waals surface area contributed by atoms with E-state index >= 15 is 0 Å². The molecular formula is C20H19FN4O2. The Morgan fingerprint density at radius 3 is 2.81 bits per heavy atom. The zero-order chi connectivity index (χ0) is 19.3. The number of aromatic nitrogens is 2. The van der Waals surface area contributed by atoms with E-state index < -0.39 is 12.1 Å². The van der Waals surface area contributed by atoms with Gasteiger partial charge in [-0.05, 0) is 54.1 Å². The maximum absolute atomic E-state index is 13.1. The summed E-state index contributed by atoms with van der Waals surface area (Å²) < 4.78 is 14.6. The Labute approximate surface area is 154 Å². The molecule has 7 heteroatoms. The smallest absolute Gasteiger partial charge is 0.258 e. The van der Waals surface area contributed by atoms with E-state index in [1.165, 1.54) is 4.57 Å². The lowest BCUT2D eigenvalue weighted by atomic mass is 9.98. The van der Waals surface area contributed by atoms with E-state index in [1.54, 1.807) is 31.6 Å². The molecule has 0 bridgehead atoms. The Kier molecular flexibility index (Phi) is 3.95. The summed E-state index contributed by atoms with van der Waals surface area (Å²) in [5, 5.41) is 4.10. The first-order valence-corrected chi connectivity index (χ1v) is 8.66. The Morgan fingerprint density at radius 2 is 2.11 bits per heavy atom. The molecule has 1 aromatic carbocycles. The number of amides is 1. The van der Waals surface area contributed by atoms with Crippen LogP contribution in [0, 0.1) is 12.8 Å². The zero-order valence-corrected chi connectivity index (χ0v) is 15.0. The van der Waals surface area contributed by atoms with Crippen LogP contribution in [0.4, 0.5) is 15.9 Å². The van der Waals surface area contributed by atoms with Gasteiger partial charge < -0.3 is 15.6 Å². The van der Waals surface area contributed by atoms with Crippen molar-refractivity contribution in [2.45, 2.75) is 19.5 Å². The van der Waals surface area contributed by atoms with Crippen LogP contribution in [0.2, 0.25) is 0 Å². The molecule has 27 heavy (non-hydrogen) atoms. The van der Waals surface area contributed by atoms with Crippen LogP contribution in [0.5, 0.6) is 0 Å². The maximum atomic E-state index is 13.1. The summed E-state index contributed by atoms with van der Waals surface area (Å²) in [6.45, 7) is 1.87. The molecule has 2 atom stereocenters. The predicted molar refractivity (Wildman–Crippen MR) is 103 cm³/mol. The van der Waals surface area contributed by atoms with E-state index in [4.69, 9.17) is 5.73 Å². The van der Waals surface area contributed by atoms with Crippen LogP contribution in [0.3, 0.4) is 0 Å². The average molecular weight is 366 g/mol. The molecule has 3 N–H and O–H groups in total. The van der Waals surface area contributed by atoms with Gasteiger partial charge in [0.25, 0.3) is 5.56 Å². The number of nitrogens with zero attached hydrogens (tertiary/aromatic N) is 2. The Hall–Kier alpha value is -3.22. The molecule has 2 unspecified atom stereocenters. The van der Waals surface area contributed by atoms with E-state index in [0.29, 0.717) is 22.6 Å². The van der Waals surface area contributed by atoms with Crippen LogP contribution in [0.25, 0.3) is 21.9 Å². The predicted octanol–water partition coefficient (Wildman–Crippen LogP) is 2.79. The summed E-state index contributed by atoms with van der Waals surface area (Å²) in [6.07, 6.45) is 2.48. The molecule has 2 heterocycles. The van der Waals surface area contributed by atoms with E-state index in [0.717, 1.165) is 16.3 Å². The highest BCUT2D eigenvalue weighted by molar-refractivity contribution is 6.00. The Bertz CT molecular complexity index is 1140. The SMILES string of the molecule is Cc1ccn(C)c(=O)c1-c1cc(N)c2cnc(NC(=O)C3CC3F)cc2c1. The highest BCUT2D eigenvalue weighted by Gasteiger charge is 2.43. The van der Waals surface area contributed by atoms with Crippen LogP contribution < -0.4 is 16.6 Å². The van der Waals surface area contributed by atoms with Gasteiger partial charge in [-0.15, -0.1) is 0 Å². The normalized spacial score (nSPS) is 18.5. The molecule has 2 aromatic heterocycles. The number of hydrogen-bond donors (Lipinski definition) is 2. The van der Waals surface area contributed by atoms with Gasteiger partial charge in [0.2, 0.25) is 5.91 Å². The second-order valence-corrected chi connectivity index (χ2v) is 6.99. The summed E-state index contributed by atoms with van der Waals surface area (Å²) in [5.74, 6) is -0.624. The number of carbonyl (C=O) groups excluding carboxylic acids is 1. The number of nitrogens with one attached hydrogen (secondary N) is 1. The van der Waals surface area contributed by atoms with Crippen LogP contribution in [0.15, 0.2) is 41.5 Å². The Morgan fingerprint density at radius 1 is 1.37 bits per heavy atom. The largest absolute Gasteiger partial charge is 0.398 e. The summed E-state index contributed by atoms with van der Waals surface area (Å²) in [6, 6.07) is 7.16. The van der Waals surface area contributed by atoms with Crippen molar-refractivity contribution in [1.82, 2.24) is 9.55 Å². The van der Waals surface area contributed by atoms with Gasteiger partial charge in [-0.25, -0.2) is 9.37 Å². The Balaban J connectivity index is 1.79. The zero-order valence-electron chi connectivity index (χ0n) is 15.0. The van der Waals surface area contributed by atoms with Gasteiger partial charge in [0, 0.05) is 30.5 Å². The molecule has 0 saturated heterocycles. The van der Waals surface area contributed by atoms with Crippen molar-refractivity contribution in [2.75, 3.05) is 11.1 Å². The van der Waals surface area contributed by atoms with Crippen LogP contribution in [-0.2, 0) is 11.8 Å². The fourth-order valence-electron chi connectivity index (χ4n) is 3.22. The molecule has 138 valence electrons. The van der Waals surface area contributed by atoms with E-state index in [9.17, 15) is 14.0 Å². The fourth-order valence-corrected chi connectivity index (χ4v) is 3.22. The molecule has 1 fully saturated rings. The van der Waals surface area contributed by atoms with Crippen molar-refractivity contribution in [3.63, 3.8) is 0 Å². The van der Waals surface area contributed by atoms with Crippen molar-refractivity contribution in [3.05, 3.63) is 52.6 Å². The third-order valence-electron chi connectivity index (χ3n) is 4.93. The summed E-state index contributed by atoms with van der Waals surface area (Å²) in [7, 11) is 1.70. The number of benzene rings is 1. The second kappa shape index (κ2) is 6.19. The van der Waals surface area contributed by atoms with Gasteiger partial charge in [-0.2, -0.15) is 0 Å². The van der Waals surface area contributed by atoms with Crippen LogP contribution >= 0.6 is 0 Å². The molecule has 1 amide bonds. The standard InChI is InChI=1S/C20H19FN4O2/c1-10-3-4-25(2)20(27)18(10)12-5-11-7-17(23-9-14(11)16(22)6-12)24-19(26)13-8-15(13)21/h3-7,9,13,15H,8,22H2,1-2H3,(H,23,24,26). The number of pyridine rings is 2. The highest BCUT2D eigenvalue weighted by Crippen LogP contribution is 2.35. The second-order valence-electron chi connectivity index (χ2n) is 6.99. The topological polar surface area (TPSA) is 90.0 Å². The molecule has 0 radical (unpaired) electrons. The van der Waals surface area contributed by atoms with Gasteiger partial charge in [0.15, 0.2) is 0 Å². The molecule has 1 aliphatic rings. The lowest BCUT2D eigenvalue weighted by molar-refractivity contribution is -0.117. The molecule has 0 spiro atoms. The van der Waals surface area contributed by atoms with Crippen molar-refractivity contribution >= 4 is 28.2 Å². The minimum atomic E-state index is -1.06. The average Bonchev–Trinajstić information content (AvgIpc) is 3.35. The molecule has 1 aliphatic carbocycles. The van der Waals surface area contributed by atoms with Crippen LogP contribution in [0.1, 0.15) is 12.0 Å². The van der Waals surface area contributed by atoms with Crippen molar-refractivity contribution < 1.29 is 9.18 Å². The number of alkyl halides is 1. The molecular weight excluding hydrogens is 347 g/mol. The first kappa shape index (κ1) is 17.2. The number of nitrogen functional groups attached to an aromatic ring is 1. The van der Waals surface area contributed by atoms with Crippen LogP contribution in [-0.4, -0.2) is 21.6 Å². The number of rotatable bonds is 3. The number of hydrogen-bond acceptors (Lipinski definition) is 4. The van der Waals surface area contributed by atoms with E-state index in [-0.39, 0.29) is 17.9 Å². The lowest BCUT2D eigenvalue weighted by Crippen LogP contribution is -2.19. The maximum Gasteiger partial charge on any atom is 0.258 e. The number of nitrogens with two attached hydrogens (primary N) is 1. The lowest BCUT2D eigenvalue weighted by Gasteiger charge is -2.11. The minimum absolute atomic E-state index is 0.112. The van der Waals surface area contributed by atoms with Gasteiger partial charge in [-0.1, -0.05) is 0 Å². The van der Waals surface area contributed by atoms with Crippen molar-refractivity contribution in [3.8, 4) is 11.1 Å². The molecule has 3 aromatic rings. The minimum Gasteiger partial charge on any atom is -0.398 e. The molecule has 0 aliphatic heterocycles. The summed E-state index contributed by atoms with van der Waals surface area (Å²) >= 11 is 0. The summed E-state index contributed by atoms with van der Waals surface area (Å²) in [5.41, 5.74) is 8.68.